The van der Waals surface area contributed by atoms with E-state index in [1.807, 2.05) is 20.8 Å². The summed E-state index contributed by atoms with van der Waals surface area (Å²) in [6, 6.07) is 0.493. The summed E-state index contributed by atoms with van der Waals surface area (Å²) in [7, 11) is 0. The molecule has 0 spiro atoms. The van der Waals surface area contributed by atoms with Crippen molar-refractivity contribution < 1.29 is 9.53 Å². The number of carbonyl (C=O) groups excluding carboxylic acids is 1. The van der Waals surface area contributed by atoms with Gasteiger partial charge in [-0.25, -0.2) is 9.10 Å². The number of rotatable bonds is 1. The first-order chi connectivity index (χ1) is 6.38. The van der Waals surface area contributed by atoms with Crippen LogP contribution in [0.2, 0.25) is 0 Å². The van der Waals surface area contributed by atoms with Gasteiger partial charge in [0.25, 0.3) is 0 Å². The molecule has 0 radical (unpaired) electrons. The molecule has 1 aliphatic heterocycles. The summed E-state index contributed by atoms with van der Waals surface area (Å²) in [4.78, 5) is 11.5. The van der Waals surface area contributed by atoms with Gasteiger partial charge in [-0.2, -0.15) is 0 Å². The zero-order valence-corrected chi connectivity index (χ0v) is 10.2. The lowest BCUT2D eigenvalue weighted by atomic mass is 10.2. The third-order valence-corrected chi connectivity index (χ3v) is 3.08. The van der Waals surface area contributed by atoms with Gasteiger partial charge in [-0.3, -0.25) is 0 Å². The highest BCUT2D eigenvalue weighted by molar-refractivity contribution is 8.11. The third-order valence-electron chi connectivity index (χ3n) is 2.07. The summed E-state index contributed by atoms with van der Waals surface area (Å²) in [5.74, 6) is 0. The number of nitrogens with zero attached hydrogens (tertiary/aromatic N) is 1. The molecule has 0 bridgehead atoms. The van der Waals surface area contributed by atoms with Gasteiger partial charge in [-0.1, -0.05) is 0 Å². The fraction of sp³-hybridized carbons (Fsp3) is 0.900. The zero-order valence-electron chi connectivity index (χ0n) is 9.37. The maximum Gasteiger partial charge on any atom is 0.383 e. The number of hydrogen-bond acceptors (Lipinski definition) is 4. The Balaban J connectivity index is 2.33. The molecule has 1 fully saturated rings. The molecule has 0 aliphatic carbocycles. The van der Waals surface area contributed by atoms with Crippen molar-refractivity contribution in [1.29, 1.82) is 0 Å². The molecule has 14 heavy (non-hydrogen) atoms. The molecule has 0 N–H and O–H groups in total. The zero-order chi connectivity index (χ0) is 10.8. The maximum absolute atomic E-state index is 11.5. The summed E-state index contributed by atoms with van der Waals surface area (Å²) in [5, 5.41) is -0.189. The third kappa shape index (κ3) is 3.88. The number of carbonyl (C=O) groups is 1. The molecular formula is C10H19NO2S. The van der Waals surface area contributed by atoms with Crippen LogP contribution in [0.15, 0.2) is 0 Å². The standard InChI is InChI=1S/C10H19NO2S/c1-8-6-5-7-11(8)14-9(12)13-10(2,3)4/h8H,5-7H2,1-4H3. The Hall–Kier alpha value is -0.220. The van der Waals surface area contributed by atoms with Crippen LogP contribution in [-0.4, -0.2) is 27.8 Å². The average molecular weight is 217 g/mol. The Morgan fingerprint density at radius 1 is 1.50 bits per heavy atom. The van der Waals surface area contributed by atoms with Crippen LogP contribution in [0.4, 0.5) is 4.79 Å². The Morgan fingerprint density at radius 2 is 2.14 bits per heavy atom. The van der Waals surface area contributed by atoms with Crippen molar-refractivity contribution in [3.63, 3.8) is 0 Å². The molecule has 0 aromatic carbocycles. The van der Waals surface area contributed by atoms with Gasteiger partial charge in [0.1, 0.15) is 5.60 Å². The van der Waals surface area contributed by atoms with E-state index in [1.165, 1.54) is 24.8 Å². The quantitative estimate of drug-likeness (QED) is 0.499. The molecule has 1 saturated heterocycles. The molecule has 1 rings (SSSR count). The second-order valence-corrected chi connectivity index (χ2v) is 5.67. The fourth-order valence-corrected chi connectivity index (χ4v) is 2.39. The first-order valence-electron chi connectivity index (χ1n) is 5.06. The van der Waals surface area contributed by atoms with Crippen LogP contribution < -0.4 is 0 Å². The molecule has 1 aliphatic rings. The van der Waals surface area contributed by atoms with Gasteiger partial charge in [0.2, 0.25) is 0 Å². The minimum atomic E-state index is -0.382. The predicted molar refractivity (Wildman–Crippen MR) is 59.2 cm³/mol. The second-order valence-electron chi connectivity index (χ2n) is 4.69. The van der Waals surface area contributed by atoms with E-state index in [0.717, 1.165) is 6.54 Å². The second kappa shape index (κ2) is 4.53. The van der Waals surface area contributed by atoms with E-state index in [2.05, 4.69) is 11.2 Å². The highest BCUT2D eigenvalue weighted by Gasteiger charge is 2.26. The molecular weight excluding hydrogens is 198 g/mol. The molecule has 4 heteroatoms. The van der Waals surface area contributed by atoms with Crippen molar-refractivity contribution in [2.45, 2.75) is 52.2 Å². The van der Waals surface area contributed by atoms with Crippen LogP contribution in [0, 0.1) is 0 Å². The molecule has 3 nitrogen and oxygen atoms in total. The molecule has 0 aromatic heterocycles. The smallest absolute Gasteiger partial charge is 0.383 e. The van der Waals surface area contributed by atoms with Crippen molar-refractivity contribution in [2.75, 3.05) is 6.54 Å². The number of ether oxygens (including phenoxy) is 1. The van der Waals surface area contributed by atoms with Crippen LogP contribution in [0.25, 0.3) is 0 Å². The SMILES string of the molecule is CC1CCCN1SC(=O)OC(C)(C)C. The summed E-state index contributed by atoms with van der Waals surface area (Å²) in [6.45, 7) is 8.80. The van der Waals surface area contributed by atoms with Crippen molar-refractivity contribution in [1.82, 2.24) is 4.31 Å². The molecule has 1 atom stereocenters. The Bertz CT molecular complexity index is 213. The lowest BCUT2D eigenvalue weighted by Gasteiger charge is -2.23. The van der Waals surface area contributed by atoms with Crippen LogP contribution in [0.1, 0.15) is 40.5 Å². The fourth-order valence-electron chi connectivity index (χ4n) is 1.41. The highest BCUT2D eigenvalue weighted by atomic mass is 32.2. The van der Waals surface area contributed by atoms with E-state index in [0.29, 0.717) is 6.04 Å². The summed E-state index contributed by atoms with van der Waals surface area (Å²) in [6.07, 6.45) is 2.35. The van der Waals surface area contributed by atoms with E-state index >= 15 is 0 Å². The van der Waals surface area contributed by atoms with Gasteiger partial charge in [0, 0.05) is 24.5 Å². The van der Waals surface area contributed by atoms with E-state index < -0.39 is 0 Å². The van der Waals surface area contributed by atoms with E-state index in [-0.39, 0.29) is 10.9 Å². The first-order valence-corrected chi connectivity index (χ1v) is 5.83. The summed E-state index contributed by atoms with van der Waals surface area (Å²) in [5.41, 5.74) is -0.382. The van der Waals surface area contributed by atoms with Crippen LogP contribution >= 0.6 is 11.9 Å². The normalized spacial score (nSPS) is 23.9. The van der Waals surface area contributed by atoms with E-state index in [1.54, 1.807) is 0 Å². The molecule has 0 aromatic rings. The molecule has 0 amide bonds. The predicted octanol–water partition coefficient (Wildman–Crippen LogP) is 3.05. The van der Waals surface area contributed by atoms with Gasteiger partial charge in [-0.15, -0.1) is 0 Å². The lowest BCUT2D eigenvalue weighted by Crippen LogP contribution is -2.26. The van der Waals surface area contributed by atoms with Crippen molar-refractivity contribution in [3.05, 3.63) is 0 Å². The van der Waals surface area contributed by atoms with Crippen molar-refractivity contribution >= 4 is 17.2 Å². The van der Waals surface area contributed by atoms with Crippen LogP contribution in [-0.2, 0) is 4.74 Å². The minimum absolute atomic E-state index is 0.189. The largest absolute Gasteiger partial charge is 0.451 e. The van der Waals surface area contributed by atoms with Crippen LogP contribution in [0.3, 0.4) is 0 Å². The lowest BCUT2D eigenvalue weighted by molar-refractivity contribution is 0.0731. The Labute approximate surface area is 90.3 Å². The molecule has 82 valence electrons. The molecule has 1 unspecified atom stereocenters. The van der Waals surface area contributed by atoms with Crippen molar-refractivity contribution in [3.8, 4) is 0 Å². The Kier molecular flexibility index (Phi) is 3.84. The van der Waals surface area contributed by atoms with Gasteiger partial charge in [0.05, 0.1) is 0 Å². The maximum atomic E-state index is 11.5. The van der Waals surface area contributed by atoms with Gasteiger partial charge in [0.15, 0.2) is 0 Å². The Morgan fingerprint density at radius 3 is 2.57 bits per heavy atom. The number of hydrogen-bond donors (Lipinski definition) is 0. The molecule has 0 saturated carbocycles. The van der Waals surface area contributed by atoms with E-state index in [4.69, 9.17) is 4.74 Å². The summed E-state index contributed by atoms with van der Waals surface area (Å²) >= 11 is 1.21. The van der Waals surface area contributed by atoms with E-state index in [9.17, 15) is 4.79 Å². The van der Waals surface area contributed by atoms with Gasteiger partial charge >= 0.3 is 5.30 Å². The van der Waals surface area contributed by atoms with Gasteiger partial charge < -0.3 is 4.74 Å². The highest BCUT2D eigenvalue weighted by Crippen LogP contribution is 2.27. The minimum Gasteiger partial charge on any atom is -0.451 e. The summed E-state index contributed by atoms with van der Waals surface area (Å²) < 4.78 is 7.34. The van der Waals surface area contributed by atoms with Crippen LogP contribution in [0.5, 0.6) is 0 Å². The topological polar surface area (TPSA) is 29.5 Å². The van der Waals surface area contributed by atoms with Crippen molar-refractivity contribution in [2.24, 2.45) is 0 Å². The van der Waals surface area contributed by atoms with Gasteiger partial charge in [-0.05, 0) is 40.5 Å². The molecule has 1 heterocycles. The average Bonchev–Trinajstić information content (AvgIpc) is 2.32. The first kappa shape index (κ1) is 11.9. The monoisotopic (exact) mass is 217 g/mol.